The predicted molar refractivity (Wildman–Crippen MR) is 150 cm³/mol. The van der Waals surface area contributed by atoms with E-state index in [-0.39, 0.29) is 24.6 Å². The highest BCUT2D eigenvalue weighted by atomic mass is 19.1. The van der Waals surface area contributed by atoms with Gasteiger partial charge in [-0.05, 0) is 49.4 Å². The number of nitrogens with one attached hydrogen (secondary N) is 2. The van der Waals surface area contributed by atoms with E-state index in [2.05, 4.69) is 42.5 Å². The molecule has 2 aromatic carbocycles. The SMILES string of the molecule is C=CC(=O)N[C@H]1CN(c2ccc3ncnc(Nc4ccc(Oc5ccc6c(c5)nnn6C)c(C)c4F)c3n2)C[C@@H]1F. The summed E-state index contributed by atoms with van der Waals surface area (Å²) >= 11 is 0. The van der Waals surface area contributed by atoms with Crippen LogP contribution < -0.4 is 20.3 Å². The Morgan fingerprint density at radius 3 is 2.83 bits per heavy atom. The number of aromatic nitrogens is 6. The predicted octanol–water partition coefficient (Wildman–Crippen LogP) is 4.12. The van der Waals surface area contributed by atoms with Gasteiger partial charge in [0.05, 0.1) is 29.3 Å². The van der Waals surface area contributed by atoms with Crippen molar-refractivity contribution in [2.45, 2.75) is 19.1 Å². The van der Waals surface area contributed by atoms with E-state index < -0.39 is 23.9 Å². The number of alkyl halides is 1. The number of hydrogen-bond acceptors (Lipinski definition) is 9. The smallest absolute Gasteiger partial charge is 0.243 e. The Morgan fingerprint density at radius 1 is 1.15 bits per heavy atom. The molecule has 11 nitrogen and oxygen atoms in total. The number of ether oxygens (including phenoxy) is 1. The van der Waals surface area contributed by atoms with Crippen molar-refractivity contribution < 1.29 is 18.3 Å². The Hall–Kier alpha value is -5.20. The molecule has 13 heteroatoms. The minimum atomic E-state index is -1.28. The molecular weight excluding hydrogens is 532 g/mol. The van der Waals surface area contributed by atoms with Crippen molar-refractivity contribution >= 4 is 45.3 Å². The fourth-order valence-corrected chi connectivity index (χ4v) is 4.74. The molecule has 0 bridgehead atoms. The minimum absolute atomic E-state index is 0.0517. The number of halogens is 2. The van der Waals surface area contributed by atoms with Gasteiger partial charge in [-0.15, -0.1) is 5.10 Å². The van der Waals surface area contributed by atoms with Gasteiger partial charge < -0.3 is 20.3 Å². The van der Waals surface area contributed by atoms with E-state index in [0.29, 0.717) is 39.4 Å². The van der Waals surface area contributed by atoms with Crippen LogP contribution in [0.4, 0.5) is 26.1 Å². The lowest BCUT2D eigenvalue weighted by Gasteiger charge is -2.18. The maximum Gasteiger partial charge on any atom is 0.243 e. The maximum atomic E-state index is 15.5. The molecule has 1 aliphatic rings. The van der Waals surface area contributed by atoms with E-state index in [1.807, 2.05) is 6.07 Å². The van der Waals surface area contributed by atoms with E-state index in [4.69, 9.17) is 4.74 Å². The van der Waals surface area contributed by atoms with E-state index >= 15 is 4.39 Å². The van der Waals surface area contributed by atoms with E-state index in [1.165, 1.54) is 6.33 Å². The summed E-state index contributed by atoms with van der Waals surface area (Å²) in [6.45, 7) is 5.31. The Bertz CT molecular complexity index is 1810. The molecule has 41 heavy (non-hydrogen) atoms. The second-order valence-electron chi connectivity index (χ2n) is 9.64. The summed E-state index contributed by atoms with van der Waals surface area (Å²) in [5, 5.41) is 13.7. The second-order valence-corrected chi connectivity index (χ2v) is 9.64. The standard InChI is InChI=1S/C28H25F2N9O2/c1-4-25(40)33-21-13-39(12-17(21)29)24-10-7-19-27(35-24)28(32-14-31-19)34-18-6-9-23(15(2)26(18)30)41-16-5-8-22-20(11-16)36-37-38(22)3/h4-11,14,17,21H,1,12-13H2,2-3H3,(H,33,40)(H,31,32,34)/t17-,21-/m0/s1. The van der Waals surface area contributed by atoms with Crippen LogP contribution >= 0.6 is 0 Å². The molecule has 0 unspecified atom stereocenters. The third kappa shape index (κ3) is 4.97. The highest BCUT2D eigenvalue weighted by Crippen LogP contribution is 2.34. The van der Waals surface area contributed by atoms with Crippen LogP contribution in [-0.4, -0.2) is 61.2 Å². The normalized spacial score (nSPS) is 16.7. The molecule has 2 N–H and O–H groups in total. The monoisotopic (exact) mass is 557 g/mol. The zero-order valence-corrected chi connectivity index (χ0v) is 22.2. The van der Waals surface area contributed by atoms with Crippen LogP contribution in [0.25, 0.3) is 22.1 Å². The number of nitrogens with zero attached hydrogens (tertiary/aromatic N) is 7. The summed E-state index contributed by atoms with van der Waals surface area (Å²) in [5.41, 5.74) is 2.88. The second kappa shape index (κ2) is 10.4. The summed E-state index contributed by atoms with van der Waals surface area (Å²) < 4.78 is 37.7. The zero-order chi connectivity index (χ0) is 28.7. The van der Waals surface area contributed by atoms with Gasteiger partial charge >= 0.3 is 0 Å². The molecular formula is C28H25F2N9O2. The molecule has 1 fully saturated rings. The molecule has 4 heterocycles. The number of aryl methyl sites for hydroxylation is 1. The van der Waals surface area contributed by atoms with Gasteiger partial charge in [0.2, 0.25) is 5.91 Å². The first kappa shape index (κ1) is 26.0. The van der Waals surface area contributed by atoms with Crippen molar-refractivity contribution in [3.05, 3.63) is 72.8 Å². The highest BCUT2D eigenvalue weighted by Gasteiger charge is 2.34. The zero-order valence-electron chi connectivity index (χ0n) is 22.2. The van der Waals surface area contributed by atoms with Crippen LogP contribution in [0.1, 0.15) is 5.56 Å². The van der Waals surface area contributed by atoms with Crippen LogP contribution in [0.2, 0.25) is 0 Å². The van der Waals surface area contributed by atoms with Gasteiger partial charge in [-0.3, -0.25) is 4.79 Å². The number of carbonyl (C=O) groups excluding carboxylic acids is 1. The Labute approximate surface area is 232 Å². The van der Waals surface area contributed by atoms with Crippen LogP contribution in [0.5, 0.6) is 11.5 Å². The number of amides is 1. The van der Waals surface area contributed by atoms with Crippen molar-refractivity contribution in [2.75, 3.05) is 23.3 Å². The van der Waals surface area contributed by atoms with Crippen LogP contribution in [0.15, 0.2) is 61.4 Å². The molecule has 1 saturated heterocycles. The number of carbonyl (C=O) groups is 1. The summed E-state index contributed by atoms with van der Waals surface area (Å²) in [6, 6.07) is 11.3. The first-order chi connectivity index (χ1) is 19.8. The lowest BCUT2D eigenvalue weighted by molar-refractivity contribution is -0.117. The summed E-state index contributed by atoms with van der Waals surface area (Å²) in [4.78, 5) is 26.6. The van der Waals surface area contributed by atoms with Crippen molar-refractivity contribution in [3.63, 3.8) is 0 Å². The van der Waals surface area contributed by atoms with Crippen molar-refractivity contribution in [1.29, 1.82) is 0 Å². The Balaban J connectivity index is 1.25. The van der Waals surface area contributed by atoms with Gasteiger partial charge in [0.1, 0.15) is 40.8 Å². The fourth-order valence-electron chi connectivity index (χ4n) is 4.74. The van der Waals surface area contributed by atoms with Crippen LogP contribution in [0.3, 0.4) is 0 Å². The van der Waals surface area contributed by atoms with Gasteiger partial charge in [0, 0.05) is 25.2 Å². The molecule has 0 spiro atoms. The first-order valence-corrected chi connectivity index (χ1v) is 12.8. The van der Waals surface area contributed by atoms with Gasteiger partial charge in [0.25, 0.3) is 0 Å². The molecule has 0 aliphatic carbocycles. The largest absolute Gasteiger partial charge is 0.457 e. The Kier molecular flexibility index (Phi) is 6.61. The van der Waals surface area contributed by atoms with Crippen LogP contribution in [0, 0.1) is 12.7 Å². The number of fused-ring (bicyclic) bond motifs is 2. The average Bonchev–Trinajstić information content (AvgIpc) is 3.53. The number of pyridine rings is 1. The molecule has 3 aromatic heterocycles. The van der Waals surface area contributed by atoms with Crippen molar-refractivity contribution in [2.24, 2.45) is 7.05 Å². The fraction of sp³-hybridized carbons (Fsp3) is 0.214. The average molecular weight is 558 g/mol. The molecule has 6 rings (SSSR count). The molecule has 1 aliphatic heterocycles. The first-order valence-electron chi connectivity index (χ1n) is 12.8. The van der Waals surface area contributed by atoms with Gasteiger partial charge in [-0.2, -0.15) is 0 Å². The van der Waals surface area contributed by atoms with E-state index in [0.717, 1.165) is 11.6 Å². The minimum Gasteiger partial charge on any atom is -0.457 e. The van der Waals surface area contributed by atoms with Crippen LogP contribution in [-0.2, 0) is 11.8 Å². The Morgan fingerprint density at radius 2 is 2.00 bits per heavy atom. The molecule has 0 saturated carbocycles. The molecule has 2 atom stereocenters. The number of rotatable bonds is 7. The topological polar surface area (TPSA) is 123 Å². The highest BCUT2D eigenvalue weighted by molar-refractivity contribution is 5.89. The maximum absolute atomic E-state index is 15.5. The van der Waals surface area contributed by atoms with E-state index in [9.17, 15) is 9.18 Å². The third-order valence-electron chi connectivity index (χ3n) is 6.95. The number of anilines is 3. The van der Waals surface area contributed by atoms with Gasteiger partial charge in [0.15, 0.2) is 11.6 Å². The van der Waals surface area contributed by atoms with E-state index in [1.54, 1.807) is 60.0 Å². The summed E-state index contributed by atoms with van der Waals surface area (Å²) in [5.74, 6) is 0.650. The number of benzene rings is 2. The van der Waals surface area contributed by atoms with Gasteiger partial charge in [-0.25, -0.2) is 28.4 Å². The molecule has 5 aromatic rings. The summed E-state index contributed by atoms with van der Waals surface area (Å²) in [7, 11) is 1.80. The lowest BCUT2D eigenvalue weighted by atomic mass is 10.1. The quantitative estimate of drug-likeness (QED) is 0.285. The third-order valence-corrected chi connectivity index (χ3v) is 6.95. The molecule has 1 amide bonds. The van der Waals surface area contributed by atoms with Crippen molar-refractivity contribution in [1.82, 2.24) is 35.3 Å². The van der Waals surface area contributed by atoms with Crippen molar-refractivity contribution in [3.8, 4) is 11.5 Å². The number of hydrogen-bond donors (Lipinski definition) is 2. The summed E-state index contributed by atoms with van der Waals surface area (Å²) in [6.07, 6.45) is 1.18. The molecule has 208 valence electrons. The molecule has 0 radical (unpaired) electrons. The lowest BCUT2D eigenvalue weighted by Crippen LogP contribution is -2.40. The van der Waals surface area contributed by atoms with Gasteiger partial charge in [-0.1, -0.05) is 11.8 Å².